The first-order valence-electron chi connectivity index (χ1n) is 9.09. The summed E-state index contributed by atoms with van der Waals surface area (Å²) in [5, 5.41) is 3.64. The van der Waals surface area contributed by atoms with Crippen molar-refractivity contribution in [1.29, 1.82) is 0 Å². The number of benzene rings is 2. The number of methoxy groups -OCH3 is 2. The average Bonchev–Trinajstić information content (AvgIpc) is 2.73. The van der Waals surface area contributed by atoms with Crippen LogP contribution in [0.15, 0.2) is 42.5 Å². The van der Waals surface area contributed by atoms with Crippen molar-refractivity contribution >= 4 is 23.4 Å². The monoisotopic (exact) mass is 402 g/mol. The minimum absolute atomic E-state index is 0.0127. The highest BCUT2D eigenvalue weighted by Crippen LogP contribution is 2.27. The normalized spacial score (nSPS) is 14.5. The first kappa shape index (κ1) is 20.0. The number of likely N-dealkylation sites (tertiary alicyclic amines) is 1. The molecule has 7 heteroatoms. The lowest BCUT2D eigenvalue weighted by molar-refractivity contribution is 0.0698. The van der Waals surface area contributed by atoms with E-state index in [-0.39, 0.29) is 17.9 Å². The van der Waals surface area contributed by atoms with Crippen LogP contribution in [0.4, 0.5) is 0 Å². The summed E-state index contributed by atoms with van der Waals surface area (Å²) in [7, 11) is 3.09. The van der Waals surface area contributed by atoms with Gasteiger partial charge in [-0.2, -0.15) is 0 Å². The van der Waals surface area contributed by atoms with Gasteiger partial charge in [-0.1, -0.05) is 11.6 Å². The van der Waals surface area contributed by atoms with E-state index >= 15 is 0 Å². The highest BCUT2D eigenvalue weighted by atomic mass is 35.5. The van der Waals surface area contributed by atoms with Crippen LogP contribution in [-0.4, -0.2) is 50.1 Å². The molecule has 1 N–H and O–H groups in total. The number of nitrogens with zero attached hydrogens (tertiary/aromatic N) is 1. The van der Waals surface area contributed by atoms with Crippen LogP contribution in [0, 0.1) is 0 Å². The highest BCUT2D eigenvalue weighted by Gasteiger charge is 2.25. The Balaban J connectivity index is 1.56. The molecule has 1 aliphatic rings. The smallest absolute Gasteiger partial charge is 0.253 e. The molecular formula is C21H23ClN2O4. The van der Waals surface area contributed by atoms with E-state index in [0.29, 0.717) is 53.6 Å². The van der Waals surface area contributed by atoms with Gasteiger partial charge in [-0.05, 0) is 55.3 Å². The summed E-state index contributed by atoms with van der Waals surface area (Å²) in [6, 6.07) is 12.0. The number of hydrogen-bond donors (Lipinski definition) is 1. The van der Waals surface area contributed by atoms with Crippen LogP contribution >= 0.6 is 11.6 Å². The fraction of sp³-hybridized carbons (Fsp3) is 0.333. The van der Waals surface area contributed by atoms with Crippen molar-refractivity contribution in [3.8, 4) is 11.5 Å². The molecule has 0 spiro atoms. The Morgan fingerprint density at radius 3 is 2.18 bits per heavy atom. The van der Waals surface area contributed by atoms with Crippen molar-refractivity contribution in [2.24, 2.45) is 0 Å². The zero-order valence-electron chi connectivity index (χ0n) is 15.9. The second kappa shape index (κ2) is 8.97. The molecule has 0 atom stereocenters. The van der Waals surface area contributed by atoms with Crippen LogP contribution in [-0.2, 0) is 0 Å². The summed E-state index contributed by atoms with van der Waals surface area (Å²) in [4.78, 5) is 26.9. The second-order valence-electron chi connectivity index (χ2n) is 6.62. The summed E-state index contributed by atoms with van der Waals surface area (Å²) in [5.74, 6) is 0.913. The Labute approximate surface area is 169 Å². The lowest BCUT2D eigenvalue weighted by Crippen LogP contribution is -2.46. The fourth-order valence-corrected chi connectivity index (χ4v) is 3.37. The lowest BCUT2D eigenvalue weighted by Gasteiger charge is -2.32. The van der Waals surface area contributed by atoms with E-state index in [1.165, 1.54) is 7.11 Å². The molecule has 0 aliphatic carbocycles. The molecule has 1 fully saturated rings. The van der Waals surface area contributed by atoms with Gasteiger partial charge in [0, 0.05) is 35.3 Å². The number of hydrogen-bond acceptors (Lipinski definition) is 4. The average molecular weight is 403 g/mol. The van der Waals surface area contributed by atoms with Gasteiger partial charge >= 0.3 is 0 Å². The quantitative estimate of drug-likeness (QED) is 0.832. The maximum Gasteiger partial charge on any atom is 0.253 e. The summed E-state index contributed by atoms with van der Waals surface area (Å²) in [5.41, 5.74) is 1.13. The molecule has 0 saturated carbocycles. The molecule has 1 aliphatic heterocycles. The predicted octanol–water partition coefficient (Wildman–Crippen LogP) is 3.39. The van der Waals surface area contributed by atoms with Gasteiger partial charge in [0.15, 0.2) is 11.5 Å². The summed E-state index contributed by atoms with van der Waals surface area (Å²) in [6.45, 7) is 1.19. The van der Waals surface area contributed by atoms with E-state index < -0.39 is 0 Å². The Bertz CT molecular complexity index is 846. The number of rotatable bonds is 5. The van der Waals surface area contributed by atoms with Gasteiger partial charge in [0.2, 0.25) is 0 Å². The third kappa shape index (κ3) is 4.57. The number of amides is 2. The lowest BCUT2D eigenvalue weighted by atomic mass is 10.0. The first-order valence-corrected chi connectivity index (χ1v) is 9.47. The molecule has 0 radical (unpaired) electrons. The van der Waals surface area contributed by atoms with E-state index in [0.717, 1.165) is 0 Å². The van der Waals surface area contributed by atoms with Crippen molar-refractivity contribution in [2.45, 2.75) is 18.9 Å². The Morgan fingerprint density at radius 2 is 1.57 bits per heavy atom. The molecule has 2 amide bonds. The van der Waals surface area contributed by atoms with Crippen LogP contribution in [0.3, 0.4) is 0 Å². The second-order valence-corrected chi connectivity index (χ2v) is 7.05. The van der Waals surface area contributed by atoms with E-state index in [1.54, 1.807) is 49.6 Å². The highest BCUT2D eigenvalue weighted by molar-refractivity contribution is 6.30. The van der Waals surface area contributed by atoms with Gasteiger partial charge in [-0.15, -0.1) is 0 Å². The van der Waals surface area contributed by atoms with Crippen molar-refractivity contribution in [2.75, 3.05) is 27.3 Å². The van der Waals surface area contributed by atoms with Crippen LogP contribution in [0.2, 0.25) is 5.02 Å². The minimum atomic E-state index is -0.163. The largest absolute Gasteiger partial charge is 0.493 e. The fourth-order valence-electron chi connectivity index (χ4n) is 3.25. The summed E-state index contributed by atoms with van der Waals surface area (Å²) < 4.78 is 10.4. The molecule has 0 bridgehead atoms. The number of piperidine rings is 1. The van der Waals surface area contributed by atoms with E-state index in [1.807, 2.05) is 4.90 Å². The molecule has 3 rings (SSSR count). The molecular weight excluding hydrogens is 380 g/mol. The van der Waals surface area contributed by atoms with Gasteiger partial charge in [0.1, 0.15) is 0 Å². The number of halogens is 1. The van der Waals surface area contributed by atoms with Gasteiger partial charge in [-0.25, -0.2) is 0 Å². The zero-order chi connectivity index (χ0) is 20.1. The van der Waals surface area contributed by atoms with Gasteiger partial charge in [-0.3, -0.25) is 9.59 Å². The topological polar surface area (TPSA) is 67.9 Å². The number of nitrogens with one attached hydrogen (secondary N) is 1. The van der Waals surface area contributed by atoms with Crippen molar-refractivity contribution in [1.82, 2.24) is 10.2 Å². The zero-order valence-corrected chi connectivity index (χ0v) is 16.7. The standard InChI is InChI=1S/C21H23ClN2O4/c1-27-18-8-5-15(13-19(18)28-2)20(25)23-17-9-11-24(12-10-17)21(26)14-3-6-16(22)7-4-14/h3-8,13,17H,9-12H2,1-2H3,(H,23,25). The van der Waals surface area contributed by atoms with Gasteiger partial charge in [0.05, 0.1) is 14.2 Å². The van der Waals surface area contributed by atoms with Crippen LogP contribution in [0.1, 0.15) is 33.6 Å². The SMILES string of the molecule is COc1ccc(C(=O)NC2CCN(C(=O)c3ccc(Cl)cc3)CC2)cc1OC. The molecule has 0 aromatic heterocycles. The maximum absolute atomic E-state index is 12.6. The summed E-state index contributed by atoms with van der Waals surface area (Å²) >= 11 is 5.88. The Hall–Kier alpha value is -2.73. The van der Waals surface area contributed by atoms with E-state index in [2.05, 4.69) is 5.32 Å². The van der Waals surface area contributed by atoms with Gasteiger partial charge < -0.3 is 19.7 Å². The third-order valence-electron chi connectivity index (χ3n) is 4.85. The maximum atomic E-state index is 12.6. The van der Waals surface area contributed by atoms with Crippen molar-refractivity contribution < 1.29 is 19.1 Å². The van der Waals surface area contributed by atoms with E-state index in [4.69, 9.17) is 21.1 Å². The Kier molecular flexibility index (Phi) is 6.41. The number of carbonyl (C=O) groups excluding carboxylic acids is 2. The van der Waals surface area contributed by atoms with E-state index in [9.17, 15) is 9.59 Å². The van der Waals surface area contributed by atoms with Gasteiger partial charge in [0.25, 0.3) is 11.8 Å². The molecule has 0 unspecified atom stereocenters. The first-order chi connectivity index (χ1) is 13.5. The molecule has 2 aromatic rings. The summed E-state index contributed by atoms with van der Waals surface area (Å²) in [6.07, 6.45) is 1.41. The third-order valence-corrected chi connectivity index (χ3v) is 5.11. The van der Waals surface area contributed by atoms with Crippen LogP contribution in [0.25, 0.3) is 0 Å². The number of carbonyl (C=O) groups is 2. The molecule has 2 aromatic carbocycles. The molecule has 1 saturated heterocycles. The molecule has 148 valence electrons. The molecule has 28 heavy (non-hydrogen) atoms. The minimum Gasteiger partial charge on any atom is -0.493 e. The molecule has 1 heterocycles. The van der Waals surface area contributed by atoms with Crippen LogP contribution < -0.4 is 14.8 Å². The van der Waals surface area contributed by atoms with Crippen LogP contribution in [0.5, 0.6) is 11.5 Å². The van der Waals surface area contributed by atoms with Crippen molar-refractivity contribution in [3.05, 3.63) is 58.6 Å². The molecule has 6 nitrogen and oxygen atoms in total. The predicted molar refractivity (Wildman–Crippen MR) is 107 cm³/mol. The van der Waals surface area contributed by atoms with Crippen molar-refractivity contribution in [3.63, 3.8) is 0 Å². The number of ether oxygens (including phenoxy) is 2. The Morgan fingerprint density at radius 1 is 0.964 bits per heavy atom.